The lowest BCUT2D eigenvalue weighted by atomic mass is 10.4. The Bertz CT molecular complexity index is 184. The zero-order valence-electron chi connectivity index (χ0n) is 6.16. The Morgan fingerprint density at radius 3 is 2.90 bits per heavy atom. The van der Waals surface area contributed by atoms with Gasteiger partial charge in [0.05, 0.1) is 12.3 Å². The first-order valence-corrected chi connectivity index (χ1v) is 3.27. The van der Waals surface area contributed by atoms with Crippen LogP contribution in [0.1, 0.15) is 13.8 Å². The first-order chi connectivity index (χ1) is 4.79. The van der Waals surface area contributed by atoms with Crippen molar-refractivity contribution < 1.29 is 4.74 Å². The third-order valence-corrected chi connectivity index (χ3v) is 0.941. The monoisotopic (exact) mass is 136 g/mol. The number of hydrogen-bond donors (Lipinski definition) is 0. The summed E-state index contributed by atoms with van der Waals surface area (Å²) in [4.78, 5) is 3.88. The molecule has 1 rings (SSSR count). The summed E-state index contributed by atoms with van der Waals surface area (Å²) in [6.45, 7) is 3.95. The molecular formula is C8H10NO. The average Bonchev–Trinajstić information content (AvgIpc) is 1.88. The van der Waals surface area contributed by atoms with E-state index in [1.54, 1.807) is 18.5 Å². The van der Waals surface area contributed by atoms with E-state index in [0.717, 1.165) is 0 Å². The Hall–Kier alpha value is -1.05. The predicted octanol–water partition coefficient (Wildman–Crippen LogP) is 1.67. The van der Waals surface area contributed by atoms with Gasteiger partial charge >= 0.3 is 0 Å². The van der Waals surface area contributed by atoms with Gasteiger partial charge < -0.3 is 4.74 Å². The van der Waals surface area contributed by atoms with Crippen LogP contribution < -0.4 is 4.74 Å². The van der Waals surface area contributed by atoms with Crippen molar-refractivity contribution in [2.45, 2.75) is 20.0 Å². The van der Waals surface area contributed by atoms with Crippen LogP contribution >= 0.6 is 0 Å². The van der Waals surface area contributed by atoms with Crippen molar-refractivity contribution in [2.75, 3.05) is 0 Å². The van der Waals surface area contributed by atoms with Gasteiger partial charge in [-0.2, -0.15) is 0 Å². The van der Waals surface area contributed by atoms with Gasteiger partial charge in [-0.25, -0.2) is 0 Å². The van der Waals surface area contributed by atoms with Gasteiger partial charge in [0.1, 0.15) is 5.75 Å². The molecule has 0 aliphatic rings. The first kappa shape index (κ1) is 7.06. The lowest BCUT2D eigenvalue weighted by molar-refractivity contribution is 0.241. The highest BCUT2D eigenvalue weighted by molar-refractivity contribution is 5.13. The van der Waals surface area contributed by atoms with E-state index in [1.165, 1.54) is 0 Å². The second kappa shape index (κ2) is 3.20. The topological polar surface area (TPSA) is 22.1 Å². The van der Waals surface area contributed by atoms with E-state index in [2.05, 4.69) is 11.1 Å². The summed E-state index contributed by atoms with van der Waals surface area (Å²) in [5.41, 5.74) is 0. The predicted molar refractivity (Wildman–Crippen MR) is 38.8 cm³/mol. The smallest absolute Gasteiger partial charge is 0.145 e. The number of nitrogens with zero attached hydrogens (tertiary/aromatic N) is 1. The van der Waals surface area contributed by atoms with Crippen molar-refractivity contribution in [1.29, 1.82) is 0 Å². The molecule has 53 valence electrons. The van der Waals surface area contributed by atoms with E-state index in [1.807, 2.05) is 13.8 Å². The van der Waals surface area contributed by atoms with Gasteiger partial charge in [0.25, 0.3) is 0 Å². The van der Waals surface area contributed by atoms with Gasteiger partial charge in [0.15, 0.2) is 0 Å². The Kier molecular flexibility index (Phi) is 2.26. The molecule has 0 saturated heterocycles. The van der Waals surface area contributed by atoms with Gasteiger partial charge in [0, 0.05) is 12.3 Å². The van der Waals surface area contributed by atoms with Crippen LogP contribution in [0.15, 0.2) is 18.5 Å². The molecule has 10 heavy (non-hydrogen) atoms. The van der Waals surface area contributed by atoms with Gasteiger partial charge in [-0.3, -0.25) is 4.98 Å². The minimum absolute atomic E-state index is 0.195. The highest BCUT2D eigenvalue weighted by Gasteiger charge is 1.94. The van der Waals surface area contributed by atoms with Crippen molar-refractivity contribution in [3.05, 3.63) is 24.5 Å². The van der Waals surface area contributed by atoms with Crippen LogP contribution in [-0.2, 0) is 0 Å². The van der Waals surface area contributed by atoms with E-state index >= 15 is 0 Å². The lowest BCUT2D eigenvalue weighted by Gasteiger charge is -2.06. The van der Waals surface area contributed by atoms with Crippen molar-refractivity contribution in [2.24, 2.45) is 0 Å². The molecule has 0 fully saturated rings. The molecule has 0 aliphatic carbocycles. The summed E-state index contributed by atoms with van der Waals surface area (Å²) in [7, 11) is 0. The Balaban J connectivity index is 2.59. The molecule has 0 spiro atoms. The van der Waals surface area contributed by atoms with Crippen molar-refractivity contribution in [3.8, 4) is 5.75 Å². The number of hydrogen-bond acceptors (Lipinski definition) is 2. The molecular weight excluding hydrogens is 126 g/mol. The maximum Gasteiger partial charge on any atom is 0.145 e. The van der Waals surface area contributed by atoms with Gasteiger partial charge in [0.2, 0.25) is 0 Å². The molecule has 1 heterocycles. The quantitative estimate of drug-likeness (QED) is 0.617. The minimum atomic E-state index is 0.195. The van der Waals surface area contributed by atoms with Gasteiger partial charge in [-0.15, -0.1) is 0 Å². The third kappa shape index (κ3) is 2.05. The highest BCUT2D eigenvalue weighted by atomic mass is 16.5. The van der Waals surface area contributed by atoms with E-state index in [9.17, 15) is 0 Å². The summed E-state index contributed by atoms with van der Waals surface area (Å²) in [6, 6.07) is 4.65. The molecule has 0 N–H and O–H groups in total. The fourth-order valence-corrected chi connectivity index (χ4v) is 0.629. The Morgan fingerprint density at radius 2 is 2.40 bits per heavy atom. The Labute approximate surface area is 60.9 Å². The molecule has 2 heteroatoms. The number of pyridine rings is 1. The second-order valence-corrected chi connectivity index (χ2v) is 2.27. The zero-order chi connectivity index (χ0) is 7.40. The average molecular weight is 136 g/mol. The summed E-state index contributed by atoms with van der Waals surface area (Å²) < 4.78 is 5.30. The minimum Gasteiger partial charge on any atom is -0.489 e. The first-order valence-electron chi connectivity index (χ1n) is 3.27. The van der Waals surface area contributed by atoms with Crippen LogP contribution in [0.5, 0.6) is 5.75 Å². The van der Waals surface area contributed by atoms with Crippen molar-refractivity contribution in [1.82, 2.24) is 4.98 Å². The van der Waals surface area contributed by atoms with Crippen LogP contribution in [0.4, 0.5) is 0 Å². The number of ether oxygens (including phenoxy) is 1. The van der Waals surface area contributed by atoms with Crippen LogP contribution in [0.2, 0.25) is 0 Å². The second-order valence-electron chi connectivity index (χ2n) is 2.27. The van der Waals surface area contributed by atoms with Crippen LogP contribution in [-0.4, -0.2) is 11.1 Å². The molecule has 0 amide bonds. The molecule has 1 radical (unpaired) electrons. The number of rotatable bonds is 2. The summed E-state index contributed by atoms with van der Waals surface area (Å²) in [6.07, 6.45) is 3.52. The molecule has 1 aromatic rings. The SMILES string of the molecule is CC(C)Oc1[c]ccnc1. The zero-order valence-corrected chi connectivity index (χ0v) is 6.16. The van der Waals surface area contributed by atoms with E-state index in [0.29, 0.717) is 5.75 Å². The van der Waals surface area contributed by atoms with E-state index in [-0.39, 0.29) is 6.10 Å². The van der Waals surface area contributed by atoms with Crippen molar-refractivity contribution >= 4 is 0 Å². The maximum absolute atomic E-state index is 5.30. The van der Waals surface area contributed by atoms with Crippen LogP contribution in [0, 0.1) is 6.07 Å². The molecule has 1 aromatic heterocycles. The van der Waals surface area contributed by atoms with Gasteiger partial charge in [-0.1, -0.05) is 0 Å². The lowest BCUT2D eigenvalue weighted by Crippen LogP contribution is -2.05. The van der Waals surface area contributed by atoms with Crippen molar-refractivity contribution in [3.63, 3.8) is 0 Å². The number of aromatic nitrogens is 1. The maximum atomic E-state index is 5.30. The highest BCUT2D eigenvalue weighted by Crippen LogP contribution is 2.06. The standard InChI is InChI=1S/C8H10NO/c1-7(2)10-8-4-3-5-9-6-8/h3,5-7H,1-2H3. The molecule has 0 bridgehead atoms. The fourth-order valence-electron chi connectivity index (χ4n) is 0.629. The largest absolute Gasteiger partial charge is 0.489 e. The van der Waals surface area contributed by atoms with Crippen LogP contribution in [0.25, 0.3) is 0 Å². The fraction of sp³-hybridized carbons (Fsp3) is 0.375. The summed E-state index contributed by atoms with van der Waals surface area (Å²) in [5.74, 6) is 0.706. The molecule has 0 aliphatic heterocycles. The van der Waals surface area contributed by atoms with E-state index < -0.39 is 0 Å². The Morgan fingerprint density at radius 1 is 1.60 bits per heavy atom. The molecule has 0 aromatic carbocycles. The van der Waals surface area contributed by atoms with E-state index in [4.69, 9.17) is 4.74 Å². The normalized spacial score (nSPS) is 9.90. The molecule has 0 unspecified atom stereocenters. The molecule has 0 atom stereocenters. The summed E-state index contributed by atoms with van der Waals surface area (Å²) >= 11 is 0. The molecule has 2 nitrogen and oxygen atoms in total. The van der Waals surface area contributed by atoms with Gasteiger partial charge in [-0.05, 0) is 19.9 Å². The third-order valence-electron chi connectivity index (χ3n) is 0.941. The summed E-state index contributed by atoms with van der Waals surface area (Å²) in [5, 5.41) is 0. The molecule has 0 saturated carbocycles. The van der Waals surface area contributed by atoms with Crippen LogP contribution in [0.3, 0.4) is 0 Å².